The van der Waals surface area contributed by atoms with Gasteiger partial charge in [-0.1, -0.05) is 42.5 Å². The minimum atomic E-state index is -0.259. The number of amides is 1. The summed E-state index contributed by atoms with van der Waals surface area (Å²) < 4.78 is 0. The summed E-state index contributed by atoms with van der Waals surface area (Å²) in [5.74, 6) is -0.259. The van der Waals surface area contributed by atoms with Crippen LogP contribution in [0.4, 0.5) is 0 Å². The number of hydrogen-bond acceptors (Lipinski definition) is 3. The van der Waals surface area contributed by atoms with Crippen LogP contribution in [0.2, 0.25) is 0 Å². The molecule has 1 heterocycles. The van der Waals surface area contributed by atoms with Crippen molar-refractivity contribution in [1.82, 2.24) is 0 Å². The molecule has 0 spiro atoms. The molecular weight excluding hydrogens is 244 g/mol. The summed E-state index contributed by atoms with van der Waals surface area (Å²) in [6, 6.07) is 14.1. The van der Waals surface area contributed by atoms with Gasteiger partial charge < -0.3 is 5.73 Å². The van der Waals surface area contributed by atoms with Crippen LogP contribution >= 0.6 is 11.8 Å². The van der Waals surface area contributed by atoms with Crippen molar-refractivity contribution in [2.45, 2.75) is 0 Å². The molecule has 0 radical (unpaired) electrons. The van der Waals surface area contributed by atoms with Crippen LogP contribution in [0.25, 0.3) is 16.8 Å². The van der Waals surface area contributed by atoms with Crippen molar-refractivity contribution < 1.29 is 4.79 Å². The highest BCUT2D eigenvalue weighted by atomic mass is 32.2. The average molecular weight is 254 g/mol. The second kappa shape index (κ2) is 4.31. The first-order valence-electron chi connectivity index (χ1n) is 5.50. The molecule has 18 heavy (non-hydrogen) atoms. The smallest absolute Gasteiger partial charge is 0.286 e. The van der Waals surface area contributed by atoms with Gasteiger partial charge in [-0.05, 0) is 34.2 Å². The molecule has 0 saturated heterocycles. The van der Waals surface area contributed by atoms with E-state index in [9.17, 15) is 4.79 Å². The number of hydrogen-bond donors (Lipinski definition) is 1. The standard InChI is InChI=1S/C14H10N2OS/c15-14-16-13(17)12(18-14)8-10-6-3-5-9-4-1-2-7-11(9)10/h1-8H,(H2,15,16,17)/b12-8-. The topological polar surface area (TPSA) is 55.4 Å². The monoisotopic (exact) mass is 254 g/mol. The molecule has 1 aliphatic rings. The summed E-state index contributed by atoms with van der Waals surface area (Å²) in [6.45, 7) is 0. The summed E-state index contributed by atoms with van der Waals surface area (Å²) in [6.07, 6.45) is 1.85. The Morgan fingerprint density at radius 3 is 2.67 bits per heavy atom. The first-order chi connectivity index (χ1) is 8.74. The molecule has 0 saturated carbocycles. The molecule has 2 aromatic rings. The third-order valence-corrected chi connectivity index (χ3v) is 3.56. The van der Waals surface area contributed by atoms with Crippen molar-refractivity contribution in [3.8, 4) is 0 Å². The van der Waals surface area contributed by atoms with Gasteiger partial charge in [0.2, 0.25) is 0 Å². The number of thioether (sulfide) groups is 1. The quantitative estimate of drug-likeness (QED) is 0.796. The number of fused-ring (bicyclic) bond motifs is 1. The van der Waals surface area contributed by atoms with Crippen LogP contribution in [0.1, 0.15) is 5.56 Å². The van der Waals surface area contributed by atoms with Crippen molar-refractivity contribution in [3.05, 3.63) is 52.9 Å². The van der Waals surface area contributed by atoms with E-state index in [4.69, 9.17) is 5.73 Å². The summed E-state index contributed by atoms with van der Waals surface area (Å²) in [5, 5.41) is 2.58. The summed E-state index contributed by atoms with van der Waals surface area (Å²) in [7, 11) is 0. The Kier molecular flexibility index (Phi) is 2.64. The molecule has 1 amide bonds. The molecule has 0 unspecified atom stereocenters. The zero-order valence-electron chi connectivity index (χ0n) is 9.46. The van der Waals surface area contributed by atoms with Crippen molar-refractivity contribution in [3.63, 3.8) is 0 Å². The Labute approximate surface area is 108 Å². The molecule has 0 aliphatic carbocycles. The van der Waals surface area contributed by atoms with Crippen LogP contribution in [-0.4, -0.2) is 11.1 Å². The van der Waals surface area contributed by atoms with Gasteiger partial charge in [-0.3, -0.25) is 4.79 Å². The normalized spacial score (nSPS) is 17.4. The molecule has 2 aromatic carbocycles. The second-order valence-corrected chi connectivity index (χ2v) is 5.00. The largest absolute Gasteiger partial charge is 0.378 e. The van der Waals surface area contributed by atoms with Crippen molar-refractivity contribution in [1.29, 1.82) is 0 Å². The van der Waals surface area contributed by atoms with E-state index in [1.54, 1.807) is 0 Å². The number of carbonyl (C=O) groups excluding carboxylic acids is 1. The van der Waals surface area contributed by atoms with E-state index in [0.29, 0.717) is 10.1 Å². The predicted molar refractivity (Wildman–Crippen MR) is 76.1 cm³/mol. The van der Waals surface area contributed by atoms with Crippen LogP contribution in [0.3, 0.4) is 0 Å². The highest BCUT2D eigenvalue weighted by Crippen LogP contribution is 2.28. The Hall–Kier alpha value is -2.07. The number of nitrogens with zero attached hydrogens (tertiary/aromatic N) is 1. The maximum Gasteiger partial charge on any atom is 0.286 e. The van der Waals surface area contributed by atoms with Crippen LogP contribution in [0.5, 0.6) is 0 Å². The van der Waals surface area contributed by atoms with Gasteiger partial charge >= 0.3 is 0 Å². The molecule has 0 atom stereocenters. The number of benzene rings is 2. The number of nitrogens with two attached hydrogens (primary N) is 1. The Morgan fingerprint density at radius 1 is 1.11 bits per heavy atom. The number of amidine groups is 1. The van der Waals surface area contributed by atoms with E-state index in [1.165, 1.54) is 11.8 Å². The average Bonchev–Trinajstić information content (AvgIpc) is 2.68. The van der Waals surface area contributed by atoms with Gasteiger partial charge in [0, 0.05) is 0 Å². The molecule has 0 aromatic heterocycles. The van der Waals surface area contributed by atoms with E-state index in [1.807, 2.05) is 48.5 Å². The summed E-state index contributed by atoms with van der Waals surface area (Å²) >= 11 is 1.22. The molecular formula is C14H10N2OS. The van der Waals surface area contributed by atoms with Crippen LogP contribution in [-0.2, 0) is 4.79 Å². The zero-order chi connectivity index (χ0) is 12.5. The van der Waals surface area contributed by atoms with Crippen molar-refractivity contribution in [2.75, 3.05) is 0 Å². The fourth-order valence-corrected chi connectivity index (χ4v) is 2.62. The summed E-state index contributed by atoms with van der Waals surface area (Å²) in [5.41, 5.74) is 6.54. The number of aliphatic imine (C=N–C) groups is 1. The van der Waals surface area contributed by atoms with Gasteiger partial charge in [0.05, 0.1) is 4.91 Å². The molecule has 2 N–H and O–H groups in total. The van der Waals surface area contributed by atoms with E-state index in [-0.39, 0.29) is 5.91 Å². The maximum absolute atomic E-state index is 11.6. The van der Waals surface area contributed by atoms with Crippen LogP contribution < -0.4 is 5.73 Å². The van der Waals surface area contributed by atoms with Gasteiger partial charge in [-0.2, -0.15) is 4.99 Å². The molecule has 3 nitrogen and oxygen atoms in total. The molecule has 88 valence electrons. The summed E-state index contributed by atoms with van der Waals surface area (Å²) in [4.78, 5) is 15.8. The van der Waals surface area contributed by atoms with E-state index in [0.717, 1.165) is 16.3 Å². The van der Waals surface area contributed by atoms with Crippen LogP contribution in [0.15, 0.2) is 52.4 Å². The Balaban J connectivity index is 2.11. The fraction of sp³-hybridized carbons (Fsp3) is 0. The van der Waals surface area contributed by atoms with E-state index in [2.05, 4.69) is 4.99 Å². The SMILES string of the molecule is NC1=NC(=O)/C(=C/c2cccc3ccccc23)S1. The minimum absolute atomic E-state index is 0.259. The zero-order valence-corrected chi connectivity index (χ0v) is 10.3. The lowest BCUT2D eigenvalue weighted by molar-refractivity contribution is -0.113. The first kappa shape index (κ1) is 11.0. The number of carbonyl (C=O) groups is 1. The minimum Gasteiger partial charge on any atom is -0.378 e. The maximum atomic E-state index is 11.6. The highest BCUT2D eigenvalue weighted by Gasteiger charge is 2.19. The lowest BCUT2D eigenvalue weighted by Crippen LogP contribution is -2.01. The molecule has 0 fully saturated rings. The second-order valence-electron chi connectivity index (χ2n) is 3.93. The fourth-order valence-electron chi connectivity index (χ4n) is 1.94. The van der Waals surface area contributed by atoms with Crippen molar-refractivity contribution >= 4 is 39.7 Å². The molecule has 0 bridgehead atoms. The van der Waals surface area contributed by atoms with E-state index >= 15 is 0 Å². The number of rotatable bonds is 1. The lowest BCUT2D eigenvalue weighted by Gasteiger charge is -2.02. The Morgan fingerprint density at radius 2 is 1.89 bits per heavy atom. The molecule has 4 heteroatoms. The van der Waals surface area contributed by atoms with Gasteiger partial charge in [-0.15, -0.1) is 0 Å². The van der Waals surface area contributed by atoms with Gasteiger partial charge in [0.25, 0.3) is 5.91 Å². The predicted octanol–water partition coefficient (Wildman–Crippen LogP) is 2.77. The van der Waals surface area contributed by atoms with E-state index < -0.39 is 0 Å². The third kappa shape index (κ3) is 1.91. The van der Waals surface area contributed by atoms with Gasteiger partial charge in [0.15, 0.2) is 5.17 Å². The third-order valence-electron chi connectivity index (χ3n) is 2.75. The van der Waals surface area contributed by atoms with Gasteiger partial charge in [0.1, 0.15) is 0 Å². The molecule has 3 rings (SSSR count). The van der Waals surface area contributed by atoms with Crippen molar-refractivity contribution in [2.24, 2.45) is 10.7 Å². The Bertz CT molecular complexity index is 699. The lowest BCUT2D eigenvalue weighted by atomic mass is 10.0. The van der Waals surface area contributed by atoms with Crippen LogP contribution in [0, 0.1) is 0 Å². The first-order valence-corrected chi connectivity index (χ1v) is 6.31. The van der Waals surface area contributed by atoms with Gasteiger partial charge in [-0.25, -0.2) is 0 Å². The highest BCUT2D eigenvalue weighted by molar-refractivity contribution is 8.18. The molecule has 1 aliphatic heterocycles.